The Balaban J connectivity index is 1.74. The number of carbonyl (C=O) groups is 1. The van der Waals surface area contributed by atoms with E-state index in [-0.39, 0.29) is 5.56 Å². The second kappa shape index (κ2) is 8.56. The quantitative estimate of drug-likeness (QED) is 0.861. The molecule has 0 radical (unpaired) electrons. The molecule has 1 N–H and O–H groups in total. The Morgan fingerprint density at radius 2 is 2.00 bits per heavy atom. The number of benzene rings is 2. The van der Waals surface area contributed by atoms with Gasteiger partial charge in [0, 0.05) is 42.9 Å². The lowest BCUT2D eigenvalue weighted by Crippen LogP contribution is -2.32. The Morgan fingerprint density at radius 1 is 1.23 bits per heavy atom. The van der Waals surface area contributed by atoms with Crippen molar-refractivity contribution in [3.8, 4) is 5.75 Å². The first-order valence-corrected chi connectivity index (χ1v) is 9.77. The number of amides is 1. The third-order valence-corrected chi connectivity index (χ3v) is 5.42. The molecule has 1 saturated heterocycles. The van der Waals surface area contributed by atoms with Gasteiger partial charge >= 0.3 is 0 Å². The zero-order chi connectivity index (χ0) is 18.5. The minimum Gasteiger partial charge on any atom is -0.497 e. The molecular formula is C20H23FN2O2S. The molecule has 1 fully saturated rings. The summed E-state index contributed by atoms with van der Waals surface area (Å²) in [4.78, 5) is 14.9. The number of nitrogens with one attached hydrogen (secondary N) is 1. The van der Waals surface area contributed by atoms with Crippen LogP contribution in [-0.4, -0.2) is 42.5 Å². The minimum absolute atomic E-state index is 0.00339. The second-order valence-corrected chi connectivity index (χ2v) is 7.56. The van der Waals surface area contributed by atoms with Crippen molar-refractivity contribution in [2.45, 2.75) is 13.5 Å². The van der Waals surface area contributed by atoms with Gasteiger partial charge in [0.15, 0.2) is 0 Å². The molecule has 3 rings (SSSR count). The van der Waals surface area contributed by atoms with Crippen molar-refractivity contribution < 1.29 is 13.9 Å². The van der Waals surface area contributed by atoms with Crippen LogP contribution in [0.25, 0.3) is 0 Å². The molecule has 1 amide bonds. The number of halogens is 1. The van der Waals surface area contributed by atoms with E-state index in [0.717, 1.165) is 42.3 Å². The zero-order valence-electron chi connectivity index (χ0n) is 15.0. The van der Waals surface area contributed by atoms with Crippen LogP contribution in [0, 0.1) is 12.7 Å². The molecule has 0 aromatic heterocycles. The first-order valence-electron chi connectivity index (χ1n) is 8.61. The lowest BCUT2D eigenvalue weighted by atomic mass is 10.1. The van der Waals surface area contributed by atoms with E-state index < -0.39 is 11.7 Å². The van der Waals surface area contributed by atoms with Gasteiger partial charge in [0.05, 0.1) is 12.7 Å². The van der Waals surface area contributed by atoms with Gasteiger partial charge in [-0.3, -0.25) is 9.69 Å². The van der Waals surface area contributed by atoms with Crippen molar-refractivity contribution in [3.63, 3.8) is 0 Å². The van der Waals surface area contributed by atoms with Gasteiger partial charge in [-0.05, 0) is 36.2 Å². The summed E-state index contributed by atoms with van der Waals surface area (Å²) in [5.74, 6) is 1.65. The van der Waals surface area contributed by atoms with E-state index in [4.69, 9.17) is 4.74 Å². The van der Waals surface area contributed by atoms with Crippen LogP contribution in [0.3, 0.4) is 0 Å². The van der Waals surface area contributed by atoms with Crippen LogP contribution in [0.5, 0.6) is 5.75 Å². The van der Waals surface area contributed by atoms with E-state index in [2.05, 4.69) is 16.3 Å². The standard InChI is InChI=1S/C20H23FN2O2S/c1-14-3-4-15(13-23-7-9-26-10-8-23)11-19(14)22-20(24)17-6-5-16(25-2)12-18(17)21/h3-6,11-12H,7-10,13H2,1-2H3,(H,22,24). The molecule has 0 unspecified atom stereocenters. The maximum absolute atomic E-state index is 14.1. The fourth-order valence-corrected chi connectivity index (χ4v) is 3.89. The fraction of sp³-hybridized carbons (Fsp3) is 0.350. The maximum Gasteiger partial charge on any atom is 0.258 e. The van der Waals surface area contributed by atoms with E-state index >= 15 is 0 Å². The van der Waals surface area contributed by atoms with Gasteiger partial charge in [-0.1, -0.05) is 12.1 Å². The van der Waals surface area contributed by atoms with Gasteiger partial charge < -0.3 is 10.1 Å². The van der Waals surface area contributed by atoms with Crippen LogP contribution < -0.4 is 10.1 Å². The molecule has 1 aliphatic heterocycles. The number of carbonyl (C=O) groups excluding carboxylic acids is 1. The first kappa shape index (κ1) is 18.7. The minimum atomic E-state index is -0.596. The van der Waals surface area contributed by atoms with Crippen molar-refractivity contribution in [2.24, 2.45) is 0 Å². The largest absolute Gasteiger partial charge is 0.497 e. The molecule has 2 aromatic rings. The number of ether oxygens (including phenoxy) is 1. The molecule has 138 valence electrons. The lowest BCUT2D eigenvalue weighted by molar-refractivity contribution is 0.102. The van der Waals surface area contributed by atoms with Gasteiger partial charge in [0.2, 0.25) is 0 Å². The third kappa shape index (κ3) is 4.56. The summed E-state index contributed by atoms with van der Waals surface area (Å²) in [5, 5.41) is 2.84. The molecule has 26 heavy (non-hydrogen) atoms. The Kier molecular flexibility index (Phi) is 6.16. The number of aryl methyl sites for hydroxylation is 1. The Morgan fingerprint density at radius 3 is 2.69 bits per heavy atom. The number of hydrogen-bond acceptors (Lipinski definition) is 4. The molecule has 0 saturated carbocycles. The summed E-state index contributed by atoms with van der Waals surface area (Å²) in [6.45, 7) is 4.95. The smallest absolute Gasteiger partial charge is 0.258 e. The van der Waals surface area contributed by atoms with E-state index in [0.29, 0.717) is 11.4 Å². The molecule has 0 spiro atoms. The molecule has 4 nitrogen and oxygen atoms in total. The maximum atomic E-state index is 14.1. The van der Waals surface area contributed by atoms with Crippen LogP contribution in [0.1, 0.15) is 21.5 Å². The molecule has 1 heterocycles. The SMILES string of the molecule is COc1ccc(C(=O)Nc2cc(CN3CCSCC3)ccc2C)c(F)c1. The highest BCUT2D eigenvalue weighted by atomic mass is 32.2. The second-order valence-electron chi connectivity index (χ2n) is 6.34. The highest BCUT2D eigenvalue weighted by Gasteiger charge is 2.15. The van der Waals surface area contributed by atoms with Crippen LogP contribution >= 0.6 is 11.8 Å². The Bertz CT molecular complexity index is 791. The van der Waals surface area contributed by atoms with Gasteiger partial charge in [0.1, 0.15) is 11.6 Å². The van der Waals surface area contributed by atoms with E-state index in [1.54, 1.807) is 6.07 Å². The molecule has 0 bridgehead atoms. The number of anilines is 1. The Labute approximate surface area is 157 Å². The number of methoxy groups -OCH3 is 1. The van der Waals surface area contributed by atoms with E-state index in [1.165, 1.54) is 19.2 Å². The van der Waals surface area contributed by atoms with Crippen LogP contribution in [0.4, 0.5) is 10.1 Å². The predicted octanol–water partition coefficient (Wildman–Crippen LogP) is 3.94. The average Bonchev–Trinajstić information content (AvgIpc) is 2.65. The summed E-state index contributed by atoms with van der Waals surface area (Å²) in [7, 11) is 1.46. The van der Waals surface area contributed by atoms with Gasteiger partial charge in [-0.25, -0.2) is 4.39 Å². The molecule has 1 aliphatic rings. The highest BCUT2D eigenvalue weighted by Crippen LogP contribution is 2.22. The molecule has 0 atom stereocenters. The molecule has 2 aromatic carbocycles. The first-order chi connectivity index (χ1) is 12.6. The summed E-state index contributed by atoms with van der Waals surface area (Å²) in [6, 6.07) is 10.3. The Hall–Kier alpha value is -2.05. The van der Waals surface area contributed by atoms with Crippen molar-refractivity contribution in [1.29, 1.82) is 0 Å². The van der Waals surface area contributed by atoms with E-state index in [9.17, 15) is 9.18 Å². The number of thioether (sulfide) groups is 1. The molecule has 6 heteroatoms. The van der Waals surface area contributed by atoms with E-state index in [1.807, 2.05) is 30.8 Å². The van der Waals surface area contributed by atoms with Gasteiger partial charge in [-0.2, -0.15) is 11.8 Å². The predicted molar refractivity (Wildman–Crippen MR) is 105 cm³/mol. The van der Waals surface area contributed by atoms with Crippen molar-refractivity contribution >= 4 is 23.4 Å². The van der Waals surface area contributed by atoms with Crippen molar-refractivity contribution in [2.75, 3.05) is 37.0 Å². The molecule has 0 aliphatic carbocycles. The normalized spacial score (nSPS) is 14.9. The molecular weight excluding hydrogens is 351 g/mol. The van der Waals surface area contributed by atoms with Crippen LogP contribution in [0.2, 0.25) is 0 Å². The van der Waals surface area contributed by atoms with Crippen LogP contribution in [-0.2, 0) is 6.54 Å². The van der Waals surface area contributed by atoms with Crippen molar-refractivity contribution in [3.05, 3.63) is 58.9 Å². The average molecular weight is 374 g/mol. The lowest BCUT2D eigenvalue weighted by Gasteiger charge is -2.26. The monoisotopic (exact) mass is 374 g/mol. The topological polar surface area (TPSA) is 41.6 Å². The van der Waals surface area contributed by atoms with Gasteiger partial charge in [-0.15, -0.1) is 0 Å². The number of nitrogens with zero attached hydrogens (tertiary/aromatic N) is 1. The van der Waals surface area contributed by atoms with Crippen LogP contribution in [0.15, 0.2) is 36.4 Å². The third-order valence-electron chi connectivity index (χ3n) is 4.48. The number of hydrogen-bond donors (Lipinski definition) is 1. The highest BCUT2D eigenvalue weighted by molar-refractivity contribution is 7.99. The fourth-order valence-electron chi connectivity index (χ4n) is 2.92. The summed E-state index contributed by atoms with van der Waals surface area (Å²) in [6.07, 6.45) is 0. The summed E-state index contributed by atoms with van der Waals surface area (Å²) >= 11 is 1.98. The zero-order valence-corrected chi connectivity index (χ0v) is 15.9. The summed E-state index contributed by atoms with van der Waals surface area (Å²) < 4.78 is 19.1. The van der Waals surface area contributed by atoms with Crippen molar-refractivity contribution in [1.82, 2.24) is 4.90 Å². The number of rotatable bonds is 5. The van der Waals surface area contributed by atoms with Gasteiger partial charge in [0.25, 0.3) is 5.91 Å². The summed E-state index contributed by atoms with van der Waals surface area (Å²) in [5.41, 5.74) is 2.82.